The molecule has 4 aromatic rings. The Bertz CT molecular complexity index is 1430. The van der Waals surface area contributed by atoms with Crippen LogP contribution < -0.4 is 4.40 Å². The van der Waals surface area contributed by atoms with Crippen LogP contribution in [0.25, 0.3) is 33.2 Å². The number of pyridine rings is 1. The van der Waals surface area contributed by atoms with E-state index in [2.05, 4.69) is 105 Å². The Morgan fingerprint density at radius 3 is 2.16 bits per heavy atom. The van der Waals surface area contributed by atoms with Crippen molar-refractivity contribution in [2.75, 3.05) is 0 Å². The summed E-state index contributed by atoms with van der Waals surface area (Å²) in [6.45, 7) is 9.49. The minimum atomic E-state index is -1.80. The Labute approximate surface area is 244 Å². The molecule has 5 heteroatoms. The van der Waals surface area contributed by atoms with Gasteiger partial charge in [0.2, 0.25) is 0 Å². The smallest absolute Gasteiger partial charge is 0 e. The van der Waals surface area contributed by atoms with Gasteiger partial charge in [-0.2, -0.15) is 0 Å². The quantitative estimate of drug-likeness (QED) is 0.0968. The number of carbonyl (C=O) groups excluding carboxylic acids is 1. The van der Waals surface area contributed by atoms with E-state index in [-0.39, 0.29) is 31.6 Å². The summed E-state index contributed by atoms with van der Waals surface area (Å²) in [5.41, 5.74) is 7.12. The van der Waals surface area contributed by atoms with Crippen molar-refractivity contribution in [3.63, 3.8) is 0 Å². The Morgan fingerprint density at radius 2 is 1.63 bits per heavy atom. The normalized spacial score (nSPS) is 11.6. The van der Waals surface area contributed by atoms with E-state index in [1.807, 2.05) is 6.20 Å². The van der Waals surface area contributed by atoms with E-state index in [1.165, 1.54) is 52.0 Å². The van der Waals surface area contributed by atoms with Gasteiger partial charge in [0.15, 0.2) is 5.78 Å². The monoisotopic (exact) mass is 747 g/mol. The molecule has 0 spiro atoms. The molecule has 0 aliphatic rings. The molecule has 0 aliphatic heterocycles. The van der Waals surface area contributed by atoms with E-state index in [0.717, 1.165) is 16.6 Å². The molecule has 38 heavy (non-hydrogen) atoms. The van der Waals surface area contributed by atoms with E-state index in [0.29, 0.717) is 5.92 Å². The molecule has 0 saturated heterocycles. The molecule has 0 unspecified atom stereocenters. The van der Waals surface area contributed by atoms with Gasteiger partial charge in [0, 0.05) is 26.2 Å². The Balaban J connectivity index is 0.000000561. The first-order valence-electron chi connectivity index (χ1n) is 12.8. The molecule has 3 aromatic carbocycles. The number of aromatic nitrogens is 1. The third-order valence-electron chi connectivity index (χ3n) is 6.28. The molecular formula is C33H38GeIrNO2-. The van der Waals surface area contributed by atoms with Crippen molar-refractivity contribution in [3.05, 3.63) is 95.9 Å². The average molecular weight is 745 g/mol. The van der Waals surface area contributed by atoms with Gasteiger partial charge in [0.25, 0.3) is 0 Å². The fraction of sp³-hybridized carbons (Fsp3) is 0.273. The second kappa shape index (κ2) is 13.5. The van der Waals surface area contributed by atoms with Crippen LogP contribution in [0.15, 0.2) is 78.7 Å². The molecular weight excluding hydrogens is 707 g/mol. The minimum Gasteiger partial charge on any atom is 0 e. The second-order valence-electron chi connectivity index (χ2n) is 10.9. The maximum Gasteiger partial charge on any atom is 0 e. The predicted molar refractivity (Wildman–Crippen MR) is 160 cm³/mol. The van der Waals surface area contributed by atoms with E-state index < -0.39 is 13.3 Å². The fourth-order valence-corrected chi connectivity index (χ4v) is 6.75. The van der Waals surface area contributed by atoms with Crippen molar-refractivity contribution in [1.82, 2.24) is 4.98 Å². The number of rotatable bonds is 5. The Kier molecular flexibility index (Phi) is 11.3. The molecule has 1 N–H and O–H groups in total. The molecule has 0 fully saturated rings. The summed E-state index contributed by atoms with van der Waals surface area (Å²) in [4.78, 5) is 14.8. The number of hydrogen-bond acceptors (Lipinski definition) is 3. The van der Waals surface area contributed by atoms with Gasteiger partial charge in [-0.3, -0.25) is 4.79 Å². The zero-order chi connectivity index (χ0) is 27.3. The number of ketones is 1. The maximum absolute atomic E-state index is 10.0. The number of allylic oxidation sites excluding steroid dienone is 2. The van der Waals surface area contributed by atoms with Gasteiger partial charge in [-0.25, -0.2) is 0 Å². The van der Waals surface area contributed by atoms with Crippen LogP contribution in [0.5, 0.6) is 0 Å². The molecule has 1 radical (unpaired) electrons. The van der Waals surface area contributed by atoms with Crippen LogP contribution in [-0.4, -0.2) is 29.1 Å². The summed E-state index contributed by atoms with van der Waals surface area (Å²) in [5, 5.41) is 10.8. The number of fused-ring (bicyclic) bond motifs is 1. The Hall–Kier alpha value is -2.53. The molecule has 4 rings (SSSR count). The van der Waals surface area contributed by atoms with Gasteiger partial charge < -0.3 is 5.11 Å². The van der Waals surface area contributed by atoms with E-state index in [9.17, 15) is 4.79 Å². The van der Waals surface area contributed by atoms with Crippen LogP contribution in [0.2, 0.25) is 17.3 Å². The number of aliphatic hydroxyl groups is 1. The largest absolute Gasteiger partial charge is 0 e. The van der Waals surface area contributed by atoms with Crippen LogP contribution in [0.1, 0.15) is 44.7 Å². The second-order valence-corrected chi connectivity index (χ2v) is 21.6. The van der Waals surface area contributed by atoms with Crippen LogP contribution in [-0.2, 0) is 24.9 Å². The predicted octanol–water partition coefficient (Wildman–Crippen LogP) is 8.38. The standard InChI is InChI=1S/C28H30GeN.C5H8O2.Ir/c1-19(2)26-16-23(15-22-9-7-8-10-25(22)26)28-17-27(20(3)18-30-28)21-11-13-24(14-12-21)29(4,5)6;1-4(6)3-5(2)7;/h7-14,16-19H,1-6H3;3,6H,1-2H3;/q-1;;/b;4-3-;. The zero-order valence-corrected chi connectivity index (χ0v) is 28.1. The first kappa shape index (κ1) is 31.7. The summed E-state index contributed by atoms with van der Waals surface area (Å²) in [6, 6.07) is 25.9. The van der Waals surface area contributed by atoms with Crippen molar-refractivity contribution in [3.8, 4) is 22.4 Å². The van der Waals surface area contributed by atoms with Gasteiger partial charge in [0.05, 0.1) is 5.76 Å². The van der Waals surface area contributed by atoms with E-state index in [4.69, 9.17) is 10.1 Å². The Morgan fingerprint density at radius 1 is 1.00 bits per heavy atom. The SMILES string of the molecule is CC(=O)/C=C(/C)O.Cc1cnc(-c2[c-]c3ccccc3c(C(C)C)c2)cc1-c1cc[c]([Ge]([CH3])([CH3])[CH3])cc1.[Ir]. The van der Waals surface area contributed by atoms with Gasteiger partial charge >= 0.3 is 178 Å². The molecule has 0 atom stereocenters. The molecule has 1 aromatic heterocycles. The number of aliphatic hydroxyl groups excluding tert-OH is 1. The summed E-state index contributed by atoms with van der Waals surface area (Å²) >= 11 is -1.80. The van der Waals surface area contributed by atoms with Gasteiger partial charge in [0.1, 0.15) is 0 Å². The first-order chi connectivity index (χ1) is 17.4. The third kappa shape index (κ3) is 8.23. The number of aryl methyl sites for hydroxylation is 1. The van der Waals surface area contributed by atoms with Crippen molar-refractivity contribution in [2.24, 2.45) is 0 Å². The van der Waals surface area contributed by atoms with Crippen molar-refractivity contribution in [1.29, 1.82) is 0 Å². The first-order valence-corrected chi connectivity index (χ1v) is 20.1. The van der Waals surface area contributed by atoms with E-state index >= 15 is 0 Å². The van der Waals surface area contributed by atoms with Crippen LogP contribution in [0, 0.1) is 13.0 Å². The van der Waals surface area contributed by atoms with Crippen molar-refractivity contribution in [2.45, 2.75) is 57.8 Å². The topological polar surface area (TPSA) is 50.2 Å². The number of carbonyl (C=O) groups is 1. The molecule has 0 bridgehead atoms. The number of benzene rings is 3. The molecule has 3 nitrogen and oxygen atoms in total. The van der Waals surface area contributed by atoms with Gasteiger partial charge in [-0.1, -0.05) is 6.07 Å². The van der Waals surface area contributed by atoms with Crippen molar-refractivity contribution < 1.29 is 30.0 Å². The average Bonchev–Trinajstić information content (AvgIpc) is 2.82. The molecule has 0 amide bonds. The minimum absolute atomic E-state index is 0. The molecule has 0 aliphatic carbocycles. The zero-order valence-electron chi connectivity index (χ0n) is 23.6. The molecule has 201 valence electrons. The summed E-state index contributed by atoms with van der Waals surface area (Å²) < 4.78 is 1.54. The summed E-state index contributed by atoms with van der Waals surface area (Å²) in [7, 11) is 0. The van der Waals surface area contributed by atoms with Crippen LogP contribution in [0.4, 0.5) is 0 Å². The maximum atomic E-state index is 10.0. The van der Waals surface area contributed by atoms with E-state index in [1.54, 1.807) is 0 Å². The fourth-order valence-electron chi connectivity index (χ4n) is 4.30. The van der Waals surface area contributed by atoms with Crippen molar-refractivity contribution >= 4 is 34.2 Å². The van der Waals surface area contributed by atoms with Crippen LogP contribution >= 0.6 is 0 Å². The number of hydrogen-bond donors (Lipinski definition) is 1. The molecule has 0 saturated carbocycles. The number of nitrogens with zero attached hydrogens (tertiary/aromatic N) is 1. The van der Waals surface area contributed by atoms with Crippen LogP contribution in [0.3, 0.4) is 0 Å². The van der Waals surface area contributed by atoms with Gasteiger partial charge in [-0.15, -0.1) is 0 Å². The van der Waals surface area contributed by atoms with Gasteiger partial charge in [-0.05, 0) is 13.8 Å². The molecule has 1 heterocycles. The summed E-state index contributed by atoms with van der Waals surface area (Å²) in [6.07, 6.45) is 3.16. The summed E-state index contributed by atoms with van der Waals surface area (Å²) in [5.74, 6) is 7.70. The third-order valence-corrected chi connectivity index (χ3v) is 10.6.